The van der Waals surface area contributed by atoms with Crippen LogP contribution in [0.1, 0.15) is 43.7 Å². The van der Waals surface area contributed by atoms with E-state index >= 15 is 0 Å². The number of fused-ring (bicyclic) bond motifs is 1. The van der Waals surface area contributed by atoms with Crippen LogP contribution in [0.2, 0.25) is 10.0 Å². The minimum atomic E-state index is 0.442. The number of pyridine rings is 1. The summed E-state index contributed by atoms with van der Waals surface area (Å²) in [4.78, 5) is 16.9. The molecule has 5 nitrogen and oxygen atoms in total. The molecule has 0 amide bonds. The molecule has 4 aromatic rings. The number of nitrogens with zero attached hydrogens (tertiary/aromatic N) is 4. The van der Waals surface area contributed by atoms with Crippen molar-refractivity contribution in [3.63, 3.8) is 0 Å². The molecular formula is C28H29Cl2N5. The van der Waals surface area contributed by atoms with Gasteiger partial charge in [-0.3, -0.25) is 9.88 Å². The van der Waals surface area contributed by atoms with Crippen molar-refractivity contribution in [3.8, 4) is 11.4 Å². The van der Waals surface area contributed by atoms with Crippen molar-refractivity contribution in [2.24, 2.45) is 0 Å². The van der Waals surface area contributed by atoms with Crippen LogP contribution in [0.25, 0.3) is 22.4 Å². The van der Waals surface area contributed by atoms with Gasteiger partial charge in [0.1, 0.15) is 5.69 Å². The number of hydrogen-bond donors (Lipinski definition) is 1. The first kappa shape index (κ1) is 24.0. The number of likely N-dealkylation sites (tertiary alicyclic amines) is 1. The van der Waals surface area contributed by atoms with Gasteiger partial charge in [-0.2, -0.15) is 0 Å². The van der Waals surface area contributed by atoms with Crippen LogP contribution in [-0.4, -0.2) is 39.5 Å². The van der Waals surface area contributed by atoms with Crippen LogP contribution < -0.4 is 5.32 Å². The molecule has 0 spiro atoms. The number of rotatable bonds is 8. The topological polar surface area (TPSA) is 53.9 Å². The van der Waals surface area contributed by atoms with Gasteiger partial charge < -0.3 is 5.32 Å². The lowest BCUT2D eigenvalue weighted by atomic mass is 9.97. The lowest BCUT2D eigenvalue weighted by Gasteiger charge is -2.35. The molecule has 1 saturated heterocycles. The van der Waals surface area contributed by atoms with Gasteiger partial charge in [0.05, 0.1) is 26.8 Å². The molecule has 1 N–H and O–H groups in total. The van der Waals surface area contributed by atoms with Gasteiger partial charge in [-0.05, 0) is 68.6 Å². The molecule has 1 unspecified atom stereocenters. The Labute approximate surface area is 216 Å². The maximum Gasteiger partial charge on any atom is 0.154 e. The third kappa shape index (κ3) is 5.75. The third-order valence-corrected chi connectivity index (χ3v) is 7.30. The molecule has 0 bridgehead atoms. The summed E-state index contributed by atoms with van der Waals surface area (Å²) < 4.78 is 0. The highest BCUT2D eigenvalue weighted by Gasteiger charge is 2.22. The summed E-state index contributed by atoms with van der Waals surface area (Å²) >= 11 is 12.5. The minimum absolute atomic E-state index is 0.442. The molecule has 1 aliphatic heterocycles. The highest BCUT2D eigenvalue weighted by molar-refractivity contribution is 6.42. The van der Waals surface area contributed by atoms with E-state index < -0.39 is 0 Å². The monoisotopic (exact) mass is 505 g/mol. The van der Waals surface area contributed by atoms with Crippen LogP contribution in [0.5, 0.6) is 0 Å². The standard InChI is InChI=1S/C28H29Cl2N5/c29-21-18-24-25(19-22(21)30)34-28(27(33-24)23-12-5-6-14-31-23)32-15-9-13-26(20-10-3-1-4-11-20)35-16-7-2-8-17-35/h1,3-6,10-12,14,18-19,26H,2,7-9,13,15-17H2,(H,32,34). The number of nitrogens with one attached hydrogen (secondary N) is 1. The number of piperidine rings is 1. The molecule has 1 fully saturated rings. The number of benzene rings is 2. The molecule has 1 atom stereocenters. The van der Waals surface area contributed by atoms with E-state index in [9.17, 15) is 0 Å². The van der Waals surface area contributed by atoms with Crippen molar-refractivity contribution >= 4 is 40.1 Å². The highest BCUT2D eigenvalue weighted by Crippen LogP contribution is 2.32. The maximum atomic E-state index is 6.25. The zero-order valence-corrected chi connectivity index (χ0v) is 21.1. The van der Waals surface area contributed by atoms with Crippen LogP contribution in [0.15, 0.2) is 66.9 Å². The van der Waals surface area contributed by atoms with Gasteiger partial charge in [-0.25, -0.2) is 9.97 Å². The number of halogens is 2. The Kier molecular flexibility index (Phi) is 7.77. The van der Waals surface area contributed by atoms with Crippen molar-refractivity contribution in [3.05, 3.63) is 82.5 Å². The number of anilines is 1. The van der Waals surface area contributed by atoms with Gasteiger partial charge in [0.25, 0.3) is 0 Å². The lowest BCUT2D eigenvalue weighted by Crippen LogP contribution is -2.34. The summed E-state index contributed by atoms with van der Waals surface area (Å²) in [6.07, 6.45) is 7.77. The van der Waals surface area contributed by atoms with E-state index in [0.29, 0.717) is 38.6 Å². The van der Waals surface area contributed by atoms with Gasteiger partial charge in [0, 0.05) is 18.8 Å². The summed E-state index contributed by atoms with van der Waals surface area (Å²) in [6, 6.07) is 20.7. The largest absolute Gasteiger partial charge is 0.368 e. The molecule has 7 heteroatoms. The predicted octanol–water partition coefficient (Wildman–Crippen LogP) is 7.42. The summed E-state index contributed by atoms with van der Waals surface area (Å²) in [6.45, 7) is 3.14. The Bertz CT molecular complexity index is 1260. The average molecular weight is 506 g/mol. The first-order chi connectivity index (χ1) is 17.2. The number of aromatic nitrogens is 3. The van der Waals surface area contributed by atoms with Gasteiger partial charge in [0.15, 0.2) is 5.82 Å². The first-order valence-corrected chi connectivity index (χ1v) is 13.1. The van der Waals surface area contributed by atoms with Gasteiger partial charge in [0.2, 0.25) is 0 Å². The molecule has 180 valence electrons. The highest BCUT2D eigenvalue weighted by atomic mass is 35.5. The normalized spacial score (nSPS) is 15.3. The van der Waals surface area contributed by atoms with Crippen LogP contribution in [0.4, 0.5) is 5.82 Å². The second kappa shape index (κ2) is 11.3. The van der Waals surface area contributed by atoms with E-state index in [4.69, 9.17) is 33.2 Å². The van der Waals surface area contributed by atoms with Crippen molar-refractivity contribution in [2.45, 2.75) is 38.1 Å². The summed E-state index contributed by atoms with van der Waals surface area (Å²) in [7, 11) is 0. The molecule has 0 saturated carbocycles. The Balaban J connectivity index is 1.35. The van der Waals surface area contributed by atoms with E-state index in [1.54, 1.807) is 18.3 Å². The SMILES string of the molecule is Clc1cc2nc(NCCCC(c3ccccc3)N3CCCCC3)c(-c3ccccn3)nc2cc1Cl. The molecule has 1 aliphatic rings. The zero-order chi connectivity index (χ0) is 24.0. The molecule has 2 aromatic carbocycles. The molecule has 0 aliphatic carbocycles. The van der Waals surface area contributed by atoms with E-state index in [0.717, 1.165) is 25.1 Å². The van der Waals surface area contributed by atoms with Gasteiger partial charge in [-0.15, -0.1) is 0 Å². The fourth-order valence-corrected chi connectivity index (χ4v) is 5.14. The zero-order valence-electron chi connectivity index (χ0n) is 19.6. The molecule has 2 aromatic heterocycles. The maximum absolute atomic E-state index is 6.25. The van der Waals surface area contributed by atoms with Crippen molar-refractivity contribution in [1.29, 1.82) is 0 Å². The molecule has 0 radical (unpaired) electrons. The van der Waals surface area contributed by atoms with E-state index in [1.807, 2.05) is 18.2 Å². The predicted molar refractivity (Wildman–Crippen MR) is 145 cm³/mol. The minimum Gasteiger partial charge on any atom is -0.368 e. The van der Waals surface area contributed by atoms with E-state index in [2.05, 4.69) is 45.5 Å². The fourth-order valence-electron chi connectivity index (χ4n) is 4.82. The Morgan fingerprint density at radius 3 is 2.29 bits per heavy atom. The van der Waals surface area contributed by atoms with E-state index in [1.165, 1.54) is 37.9 Å². The Morgan fingerprint density at radius 1 is 0.857 bits per heavy atom. The first-order valence-electron chi connectivity index (χ1n) is 12.3. The van der Waals surface area contributed by atoms with Gasteiger partial charge >= 0.3 is 0 Å². The summed E-state index contributed by atoms with van der Waals surface area (Å²) in [5.41, 5.74) is 4.29. The number of hydrogen-bond acceptors (Lipinski definition) is 5. The second-order valence-electron chi connectivity index (χ2n) is 8.98. The van der Waals surface area contributed by atoms with Crippen molar-refractivity contribution in [2.75, 3.05) is 25.0 Å². The quantitative estimate of drug-likeness (QED) is 0.252. The lowest BCUT2D eigenvalue weighted by molar-refractivity contribution is 0.154. The van der Waals surface area contributed by atoms with Crippen LogP contribution in [0.3, 0.4) is 0 Å². The van der Waals surface area contributed by atoms with Crippen molar-refractivity contribution in [1.82, 2.24) is 19.9 Å². The van der Waals surface area contributed by atoms with E-state index in [-0.39, 0.29) is 0 Å². The van der Waals surface area contributed by atoms with Gasteiger partial charge in [-0.1, -0.05) is 66.0 Å². The van der Waals surface area contributed by atoms with Crippen LogP contribution in [0, 0.1) is 0 Å². The smallest absolute Gasteiger partial charge is 0.154 e. The molecule has 5 rings (SSSR count). The fraction of sp³-hybridized carbons (Fsp3) is 0.321. The molecular weight excluding hydrogens is 477 g/mol. The van der Waals surface area contributed by atoms with Crippen LogP contribution in [-0.2, 0) is 0 Å². The summed E-state index contributed by atoms with van der Waals surface area (Å²) in [5.74, 6) is 0.712. The molecule has 3 heterocycles. The Morgan fingerprint density at radius 2 is 1.57 bits per heavy atom. The molecule has 35 heavy (non-hydrogen) atoms. The van der Waals surface area contributed by atoms with Crippen LogP contribution >= 0.6 is 23.2 Å². The van der Waals surface area contributed by atoms with Crippen molar-refractivity contribution < 1.29 is 0 Å². The Hall–Kier alpha value is -2.73. The third-order valence-electron chi connectivity index (χ3n) is 6.58. The average Bonchev–Trinajstić information content (AvgIpc) is 2.91. The second-order valence-corrected chi connectivity index (χ2v) is 9.80. The summed E-state index contributed by atoms with van der Waals surface area (Å²) in [5, 5.41) is 4.47.